The van der Waals surface area contributed by atoms with Gasteiger partial charge in [0.15, 0.2) is 9.84 Å². The lowest BCUT2D eigenvalue weighted by Gasteiger charge is -2.27. The van der Waals surface area contributed by atoms with Gasteiger partial charge in [0.25, 0.3) is 5.69 Å². The topological polar surface area (TPSA) is 123 Å². The van der Waals surface area contributed by atoms with Gasteiger partial charge < -0.3 is 5.32 Å². The third kappa shape index (κ3) is 6.22. The molecule has 0 aromatic heterocycles. The lowest BCUT2D eigenvalue weighted by molar-refractivity contribution is -0.388. The summed E-state index contributed by atoms with van der Waals surface area (Å²) in [6, 6.07) is 2.68. The van der Waals surface area contributed by atoms with Crippen LogP contribution in [0, 0.1) is 10.1 Å². The van der Waals surface area contributed by atoms with Crippen LogP contribution in [0.2, 0.25) is 0 Å². The van der Waals surface area contributed by atoms with Crippen molar-refractivity contribution in [3.63, 3.8) is 0 Å². The second kappa shape index (κ2) is 10.1. The van der Waals surface area contributed by atoms with Gasteiger partial charge in [0.2, 0.25) is 5.91 Å². The Morgan fingerprint density at radius 1 is 0.947 bits per heavy atom. The summed E-state index contributed by atoms with van der Waals surface area (Å²) in [4.78, 5) is 18.6. The highest BCUT2D eigenvalue weighted by Gasteiger charge is 2.76. The van der Waals surface area contributed by atoms with Crippen molar-refractivity contribution in [3.05, 3.63) is 58.1 Å². The highest BCUT2D eigenvalue weighted by atomic mass is 32.2. The number of nitro benzene ring substituents is 1. The number of anilines is 1. The van der Waals surface area contributed by atoms with Crippen LogP contribution in [0.15, 0.2) is 52.3 Å². The van der Waals surface area contributed by atoms with Gasteiger partial charge in [0.05, 0.1) is 15.4 Å². The first-order valence-corrected chi connectivity index (χ1v) is 12.0. The van der Waals surface area contributed by atoms with Crippen LogP contribution in [0.5, 0.6) is 0 Å². The molecule has 0 saturated carbocycles. The fourth-order valence-electron chi connectivity index (χ4n) is 2.67. The maximum atomic E-state index is 13.7. The molecule has 1 unspecified atom stereocenters. The Kier molecular flexibility index (Phi) is 8.23. The van der Waals surface area contributed by atoms with Crippen LogP contribution in [0.4, 0.5) is 55.3 Å². The van der Waals surface area contributed by atoms with E-state index in [4.69, 9.17) is 0 Å². The number of benzene rings is 2. The minimum absolute atomic E-state index is 0.0288. The minimum Gasteiger partial charge on any atom is -0.325 e. The molecule has 0 spiro atoms. The molecule has 2 rings (SSSR count). The SMILES string of the molecule is O=C(CS(=O)(=O)c1ccc(S(=O)C(F)(F)C(F)(F)C(F)(F)F)cc1[N+](=O)[O-])Nc1cccc(C(F)(F)F)c1. The fourth-order valence-corrected chi connectivity index (χ4v) is 5.02. The summed E-state index contributed by atoms with van der Waals surface area (Å²) in [7, 11) is -9.71. The van der Waals surface area contributed by atoms with Gasteiger partial charge in [0, 0.05) is 11.8 Å². The molecule has 2 aromatic carbocycles. The number of amides is 1. The van der Waals surface area contributed by atoms with Gasteiger partial charge in [-0.2, -0.15) is 43.9 Å². The van der Waals surface area contributed by atoms with E-state index in [0.29, 0.717) is 12.1 Å². The summed E-state index contributed by atoms with van der Waals surface area (Å²) in [5, 5.41) is 6.72. The third-order valence-electron chi connectivity index (χ3n) is 4.43. The lowest BCUT2D eigenvalue weighted by atomic mass is 10.2. The van der Waals surface area contributed by atoms with Crippen molar-refractivity contribution in [2.45, 2.75) is 33.3 Å². The molecule has 0 fully saturated rings. The highest BCUT2D eigenvalue weighted by Crippen LogP contribution is 2.49. The first-order chi connectivity index (χ1) is 17.0. The molecule has 1 atom stereocenters. The Morgan fingerprint density at radius 2 is 1.53 bits per heavy atom. The largest absolute Gasteiger partial charge is 0.461 e. The number of hydrogen-bond acceptors (Lipinski definition) is 6. The number of carbonyl (C=O) groups excluding carboxylic acids is 1. The zero-order chi connectivity index (χ0) is 29.5. The first kappa shape index (κ1) is 30.9. The van der Waals surface area contributed by atoms with Gasteiger partial charge in [-0.15, -0.1) is 0 Å². The Labute approximate surface area is 207 Å². The smallest absolute Gasteiger partial charge is 0.325 e. The monoisotopic (exact) mass is 604 g/mol. The summed E-state index contributed by atoms with van der Waals surface area (Å²) in [6.07, 6.45) is -11.7. The normalized spacial score (nSPS) is 14.2. The Morgan fingerprint density at radius 3 is 2.03 bits per heavy atom. The number of nitro groups is 1. The third-order valence-corrected chi connectivity index (χ3v) is 7.49. The standard InChI is InChI=1S/C18H10F10N2O6S2/c19-15(20,21)9-2-1-3-10(6-9)29-14(31)8-38(35,36)13-5-4-11(7-12(13)30(32)33)37(34)18(27,28)16(22,23)17(24,25)26/h1-7H,8H2,(H,29,31). The second-order valence-corrected chi connectivity index (χ2v) is 10.6. The maximum Gasteiger partial charge on any atom is 0.461 e. The van der Waals surface area contributed by atoms with E-state index in [1.54, 1.807) is 5.32 Å². The quantitative estimate of drug-likeness (QED) is 0.259. The summed E-state index contributed by atoms with van der Waals surface area (Å²) in [5.41, 5.74) is -3.48. The Balaban J connectivity index is 2.40. The van der Waals surface area contributed by atoms with Gasteiger partial charge in [0.1, 0.15) is 21.4 Å². The summed E-state index contributed by atoms with van der Waals surface area (Å²) >= 11 is 0. The van der Waals surface area contributed by atoms with Gasteiger partial charge in [-0.1, -0.05) is 6.07 Å². The van der Waals surface area contributed by atoms with Crippen molar-refractivity contribution in [3.8, 4) is 0 Å². The van der Waals surface area contributed by atoms with Gasteiger partial charge in [-0.25, -0.2) is 12.6 Å². The molecule has 0 bridgehead atoms. The van der Waals surface area contributed by atoms with Gasteiger partial charge in [-0.05, 0) is 30.3 Å². The molecule has 0 aliphatic heterocycles. The molecule has 1 N–H and O–H groups in total. The predicted molar refractivity (Wildman–Crippen MR) is 108 cm³/mol. The molecule has 0 heterocycles. The molecule has 0 saturated heterocycles. The van der Waals surface area contributed by atoms with Crippen molar-refractivity contribution in [2.24, 2.45) is 0 Å². The number of alkyl halides is 10. The minimum atomic E-state index is -6.88. The van der Waals surface area contributed by atoms with Crippen LogP contribution in [-0.4, -0.2) is 46.6 Å². The molecule has 0 aliphatic rings. The number of hydrogen-bond donors (Lipinski definition) is 1. The number of carbonyl (C=O) groups is 1. The van der Waals surface area contributed by atoms with Crippen molar-refractivity contribution < 1.29 is 66.2 Å². The number of nitrogens with zero attached hydrogens (tertiary/aromatic N) is 1. The molecule has 1 amide bonds. The maximum absolute atomic E-state index is 13.7. The van der Waals surface area contributed by atoms with E-state index in [1.807, 2.05) is 0 Å². The van der Waals surface area contributed by atoms with Crippen LogP contribution in [0.3, 0.4) is 0 Å². The van der Waals surface area contributed by atoms with Crippen molar-refractivity contribution in [2.75, 3.05) is 11.1 Å². The summed E-state index contributed by atoms with van der Waals surface area (Å²) in [5.74, 6) is -10.1. The molecule has 210 valence electrons. The summed E-state index contributed by atoms with van der Waals surface area (Å²) < 4.78 is 166. The zero-order valence-corrected chi connectivity index (χ0v) is 19.4. The van der Waals surface area contributed by atoms with Crippen LogP contribution in [0.25, 0.3) is 0 Å². The van der Waals surface area contributed by atoms with E-state index in [1.165, 1.54) is 0 Å². The van der Waals surface area contributed by atoms with E-state index < -0.39 is 87.5 Å². The molecule has 20 heteroatoms. The van der Waals surface area contributed by atoms with E-state index >= 15 is 0 Å². The molecule has 2 aromatic rings. The number of sulfone groups is 1. The molecule has 38 heavy (non-hydrogen) atoms. The molecular weight excluding hydrogens is 594 g/mol. The molecule has 8 nitrogen and oxygen atoms in total. The van der Waals surface area contributed by atoms with Crippen LogP contribution >= 0.6 is 0 Å². The Hall–Kier alpha value is -3.29. The number of nitrogens with one attached hydrogen (secondary N) is 1. The average molecular weight is 604 g/mol. The van der Waals surface area contributed by atoms with Gasteiger partial charge in [-0.3, -0.25) is 14.9 Å². The molecule has 0 radical (unpaired) electrons. The van der Waals surface area contributed by atoms with E-state index in [2.05, 4.69) is 0 Å². The average Bonchev–Trinajstić information content (AvgIpc) is 2.76. The Bertz CT molecular complexity index is 1390. The van der Waals surface area contributed by atoms with Crippen molar-refractivity contribution >= 4 is 37.9 Å². The van der Waals surface area contributed by atoms with Crippen LogP contribution in [-0.2, 0) is 31.6 Å². The van der Waals surface area contributed by atoms with Gasteiger partial charge >= 0.3 is 23.5 Å². The van der Waals surface area contributed by atoms with E-state index in [-0.39, 0.29) is 18.2 Å². The number of halogens is 10. The highest BCUT2D eigenvalue weighted by molar-refractivity contribution is 7.92. The molecular formula is C18H10F10N2O6S2. The van der Waals surface area contributed by atoms with Crippen LogP contribution in [0.1, 0.15) is 5.56 Å². The zero-order valence-electron chi connectivity index (χ0n) is 17.7. The second-order valence-electron chi connectivity index (χ2n) is 7.13. The van der Waals surface area contributed by atoms with E-state index in [0.717, 1.165) is 12.1 Å². The predicted octanol–water partition coefficient (Wildman–Crippen LogP) is 4.92. The van der Waals surface area contributed by atoms with Crippen LogP contribution < -0.4 is 5.32 Å². The fraction of sp³-hybridized carbons (Fsp3) is 0.278. The molecule has 0 aliphatic carbocycles. The summed E-state index contributed by atoms with van der Waals surface area (Å²) in [6.45, 7) is 0. The number of rotatable bonds is 8. The van der Waals surface area contributed by atoms with Crippen molar-refractivity contribution in [1.82, 2.24) is 0 Å². The van der Waals surface area contributed by atoms with Crippen molar-refractivity contribution in [1.29, 1.82) is 0 Å². The first-order valence-electron chi connectivity index (χ1n) is 9.25. The lowest BCUT2D eigenvalue weighted by Crippen LogP contribution is -2.54. The van der Waals surface area contributed by atoms with E-state index in [9.17, 15) is 71.4 Å².